The molecule has 2 N–H and O–H groups in total. The van der Waals surface area contributed by atoms with Crippen LogP contribution in [-0.4, -0.2) is 48.6 Å². The molecule has 1 amide bonds. The lowest BCUT2D eigenvalue weighted by atomic mass is 9.95. The van der Waals surface area contributed by atoms with Crippen molar-refractivity contribution in [2.24, 2.45) is 5.92 Å². The monoisotopic (exact) mass is 361 g/mol. The van der Waals surface area contributed by atoms with Crippen molar-refractivity contribution in [1.82, 2.24) is 20.6 Å². The SMILES string of the molecule is CCNCCNC(=O)C1CCN(c2ncnc3sc(C)c(C)c23)CC1. The molecule has 0 atom stereocenters. The van der Waals surface area contributed by atoms with Gasteiger partial charge in [-0.05, 0) is 38.8 Å². The smallest absolute Gasteiger partial charge is 0.223 e. The molecular weight excluding hydrogens is 334 g/mol. The maximum atomic E-state index is 12.3. The number of aryl methyl sites for hydroxylation is 2. The van der Waals surface area contributed by atoms with Gasteiger partial charge in [0.1, 0.15) is 17.0 Å². The first-order valence-corrected chi connectivity index (χ1v) is 9.87. The number of fused-ring (bicyclic) bond motifs is 1. The third-order valence-corrected chi connectivity index (χ3v) is 6.08. The Kier molecular flexibility index (Phi) is 5.86. The van der Waals surface area contributed by atoms with Crippen LogP contribution in [-0.2, 0) is 4.79 Å². The summed E-state index contributed by atoms with van der Waals surface area (Å²) >= 11 is 1.73. The first-order chi connectivity index (χ1) is 12.1. The fourth-order valence-corrected chi connectivity index (χ4v) is 4.34. The molecule has 25 heavy (non-hydrogen) atoms. The summed E-state index contributed by atoms with van der Waals surface area (Å²) in [6, 6.07) is 0. The molecule has 0 aromatic carbocycles. The number of thiophene rings is 1. The van der Waals surface area contributed by atoms with Gasteiger partial charge in [0.2, 0.25) is 5.91 Å². The summed E-state index contributed by atoms with van der Waals surface area (Å²) in [6.07, 6.45) is 3.41. The van der Waals surface area contributed by atoms with Crippen molar-refractivity contribution in [3.8, 4) is 0 Å². The van der Waals surface area contributed by atoms with Crippen molar-refractivity contribution in [3.05, 3.63) is 16.8 Å². The predicted octanol–water partition coefficient (Wildman–Crippen LogP) is 2.25. The Labute approximate surface area is 153 Å². The molecule has 2 aromatic heterocycles. The Bertz CT molecular complexity index is 736. The van der Waals surface area contributed by atoms with Crippen LogP contribution in [0.3, 0.4) is 0 Å². The highest BCUT2D eigenvalue weighted by molar-refractivity contribution is 7.18. The molecule has 1 saturated heterocycles. The predicted molar refractivity (Wildman–Crippen MR) is 103 cm³/mol. The fourth-order valence-electron chi connectivity index (χ4n) is 3.35. The molecule has 1 fully saturated rings. The number of rotatable bonds is 6. The summed E-state index contributed by atoms with van der Waals surface area (Å²) in [6.45, 7) is 10.5. The van der Waals surface area contributed by atoms with Gasteiger partial charge in [-0.3, -0.25) is 4.79 Å². The molecule has 0 aliphatic carbocycles. The highest BCUT2D eigenvalue weighted by Gasteiger charge is 2.27. The average molecular weight is 362 g/mol. The molecule has 2 aromatic rings. The molecule has 136 valence electrons. The van der Waals surface area contributed by atoms with Crippen LogP contribution in [0.2, 0.25) is 0 Å². The van der Waals surface area contributed by atoms with E-state index in [9.17, 15) is 4.79 Å². The van der Waals surface area contributed by atoms with Gasteiger partial charge in [-0.1, -0.05) is 6.92 Å². The highest BCUT2D eigenvalue weighted by Crippen LogP contribution is 2.35. The van der Waals surface area contributed by atoms with Crippen molar-refractivity contribution < 1.29 is 4.79 Å². The lowest BCUT2D eigenvalue weighted by molar-refractivity contribution is -0.125. The van der Waals surface area contributed by atoms with Crippen LogP contribution >= 0.6 is 11.3 Å². The lowest BCUT2D eigenvalue weighted by Gasteiger charge is -2.32. The molecule has 0 bridgehead atoms. The van der Waals surface area contributed by atoms with Gasteiger partial charge in [-0.25, -0.2) is 9.97 Å². The molecule has 1 aliphatic heterocycles. The van der Waals surface area contributed by atoms with E-state index >= 15 is 0 Å². The van der Waals surface area contributed by atoms with Crippen LogP contribution in [0.25, 0.3) is 10.2 Å². The standard InChI is InChI=1S/C18H27N5OS/c1-4-19-7-8-20-17(24)14-5-9-23(10-6-14)16-15-12(2)13(3)25-18(15)22-11-21-16/h11,14,19H,4-10H2,1-3H3,(H,20,24). The quantitative estimate of drug-likeness (QED) is 0.772. The van der Waals surface area contributed by atoms with E-state index in [0.717, 1.165) is 49.7 Å². The summed E-state index contributed by atoms with van der Waals surface area (Å²) in [5, 5.41) is 7.44. The number of anilines is 1. The summed E-state index contributed by atoms with van der Waals surface area (Å²) < 4.78 is 0. The number of nitrogens with one attached hydrogen (secondary N) is 2. The van der Waals surface area contributed by atoms with Gasteiger partial charge in [-0.2, -0.15) is 0 Å². The molecule has 0 unspecified atom stereocenters. The van der Waals surface area contributed by atoms with Crippen molar-refractivity contribution in [2.45, 2.75) is 33.6 Å². The zero-order valence-electron chi connectivity index (χ0n) is 15.3. The lowest BCUT2D eigenvalue weighted by Crippen LogP contribution is -2.42. The molecule has 6 nitrogen and oxygen atoms in total. The molecule has 1 aliphatic rings. The van der Waals surface area contributed by atoms with Gasteiger partial charge in [0, 0.05) is 37.0 Å². The summed E-state index contributed by atoms with van der Waals surface area (Å²) in [5.74, 6) is 1.33. The van der Waals surface area contributed by atoms with Crippen LogP contribution in [0, 0.1) is 19.8 Å². The van der Waals surface area contributed by atoms with E-state index in [4.69, 9.17) is 0 Å². The van der Waals surface area contributed by atoms with Gasteiger partial charge in [0.25, 0.3) is 0 Å². The van der Waals surface area contributed by atoms with Crippen LogP contribution in [0.15, 0.2) is 6.33 Å². The number of aromatic nitrogens is 2. The van der Waals surface area contributed by atoms with E-state index in [1.165, 1.54) is 15.8 Å². The van der Waals surface area contributed by atoms with E-state index in [-0.39, 0.29) is 11.8 Å². The van der Waals surface area contributed by atoms with Gasteiger partial charge < -0.3 is 15.5 Å². The van der Waals surface area contributed by atoms with Crippen molar-refractivity contribution in [1.29, 1.82) is 0 Å². The molecule has 3 heterocycles. The van der Waals surface area contributed by atoms with Crippen LogP contribution in [0.4, 0.5) is 5.82 Å². The van der Waals surface area contributed by atoms with Crippen molar-refractivity contribution in [3.63, 3.8) is 0 Å². The molecule has 3 rings (SSSR count). The Balaban J connectivity index is 1.62. The Morgan fingerprint density at radius 3 is 2.76 bits per heavy atom. The van der Waals surface area contributed by atoms with E-state index in [2.05, 4.69) is 46.3 Å². The van der Waals surface area contributed by atoms with Crippen LogP contribution in [0.1, 0.15) is 30.2 Å². The number of piperidine rings is 1. The van der Waals surface area contributed by atoms with Gasteiger partial charge in [-0.15, -0.1) is 11.3 Å². The number of hydrogen-bond donors (Lipinski definition) is 2. The highest BCUT2D eigenvalue weighted by atomic mass is 32.1. The van der Waals surface area contributed by atoms with Gasteiger partial charge >= 0.3 is 0 Å². The molecule has 0 saturated carbocycles. The zero-order valence-corrected chi connectivity index (χ0v) is 16.1. The molecule has 0 spiro atoms. The second-order valence-electron chi connectivity index (χ2n) is 6.57. The topological polar surface area (TPSA) is 70.2 Å². The van der Waals surface area contributed by atoms with Crippen molar-refractivity contribution in [2.75, 3.05) is 37.6 Å². The Morgan fingerprint density at radius 2 is 2.04 bits per heavy atom. The minimum absolute atomic E-state index is 0.112. The number of carbonyl (C=O) groups excluding carboxylic acids is 1. The van der Waals surface area contributed by atoms with Gasteiger partial charge in [0.15, 0.2) is 0 Å². The van der Waals surface area contributed by atoms with Gasteiger partial charge in [0.05, 0.1) is 5.39 Å². The molecule has 0 radical (unpaired) electrons. The number of hydrogen-bond acceptors (Lipinski definition) is 6. The molecular formula is C18H27N5OS. The fraction of sp³-hybridized carbons (Fsp3) is 0.611. The van der Waals surface area contributed by atoms with E-state index in [1.54, 1.807) is 17.7 Å². The summed E-state index contributed by atoms with van der Waals surface area (Å²) in [4.78, 5) is 25.9. The number of carbonyl (C=O) groups is 1. The Morgan fingerprint density at radius 1 is 1.28 bits per heavy atom. The minimum atomic E-state index is 0.112. The normalized spacial score (nSPS) is 15.7. The minimum Gasteiger partial charge on any atom is -0.356 e. The maximum Gasteiger partial charge on any atom is 0.223 e. The van der Waals surface area contributed by atoms with Crippen LogP contribution < -0.4 is 15.5 Å². The second-order valence-corrected chi connectivity index (χ2v) is 7.77. The first-order valence-electron chi connectivity index (χ1n) is 9.05. The van der Waals surface area contributed by atoms with Crippen molar-refractivity contribution >= 4 is 33.3 Å². The Hall–Kier alpha value is -1.73. The van der Waals surface area contributed by atoms with E-state index < -0.39 is 0 Å². The number of likely N-dealkylation sites (N-methyl/N-ethyl adjacent to an activating group) is 1. The maximum absolute atomic E-state index is 12.3. The van der Waals surface area contributed by atoms with E-state index in [0.29, 0.717) is 6.54 Å². The molecule has 7 heteroatoms. The third kappa shape index (κ3) is 3.93. The number of nitrogens with zero attached hydrogens (tertiary/aromatic N) is 3. The number of amides is 1. The summed E-state index contributed by atoms with van der Waals surface area (Å²) in [5.41, 5.74) is 1.28. The largest absolute Gasteiger partial charge is 0.356 e. The average Bonchev–Trinajstić information content (AvgIpc) is 2.93. The first kappa shape index (κ1) is 18.1. The van der Waals surface area contributed by atoms with E-state index in [1.807, 2.05) is 0 Å². The van der Waals surface area contributed by atoms with Crippen LogP contribution in [0.5, 0.6) is 0 Å². The third-order valence-electron chi connectivity index (χ3n) is 4.96. The summed E-state index contributed by atoms with van der Waals surface area (Å²) in [7, 11) is 0. The zero-order chi connectivity index (χ0) is 17.8. The second kappa shape index (κ2) is 8.10.